The Balaban J connectivity index is 1.63. The second-order valence-corrected chi connectivity index (χ2v) is 10.6. The fraction of sp³-hybridized carbons (Fsp3) is 0.433. The molecule has 0 bridgehead atoms. The molecule has 1 aromatic heterocycles. The second-order valence-electron chi connectivity index (χ2n) is 9.67. The van der Waals surface area contributed by atoms with Crippen LogP contribution in [0.2, 0.25) is 0 Å². The molecule has 0 aliphatic rings. The third-order valence-corrected chi connectivity index (χ3v) is 7.46. The Morgan fingerprint density at radius 2 is 1.61 bits per heavy atom. The maximum Gasteiger partial charge on any atom is 0.329 e. The average Bonchev–Trinajstić information content (AvgIpc) is 3.37. The van der Waals surface area contributed by atoms with Crippen LogP contribution in [-0.2, 0) is 32.2 Å². The van der Waals surface area contributed by atoms with Crippen LogP contribution in [0.5, 0.6) is 0 Å². The van der Waals surface area contributed by atoms with Crippen molar-refractivity contribution in [2.75, 3.05) is 26.8 Å². The third kappa shape index (κ3) is 9.53. The topological polar surface area (TPSA) is 112 Å². The van der Waals surface area contributed by atoms with E-state index in [-0.39, 0.29) is 12.5 Å². The van der Waals surface area contributed by atoms with Crippen LogP contribution in [0, 0.1) is 0 Å². The molecule has 10 nitrogen and oxygen atoms in total. The molecule has 4 amide bonds. The van der Waals surface area contributed by atoms with E-state index in [0.29, 0.717) is 26.3 Å². The van der Waals surface area contributed by atoms with Crippen molar-refractivity contribution < 1.29 is 23.9 Å². The van der Waals surface area contributed by atoms with Gasteiger partial charge in [-0.05, 0) is 55.7 Å². The lowest BCUT2D eigenvalue weighted by molar-refractivity contribution is -0.179. The zero-order chi connectivity index (χ0) is 29.8. The lowest BCUT2D eigenvalue weighted by Gasteiger charge is -2.36. The molecule has 0 spiro atoms. The molecule has 0 aliphatic carbocycles. The summed E-state index contributed by atoms with van der Waals surface area (Å²) in [5.74, 6) is -0.668. The molecule has 0 radical (unpaired) electrons. The number of hydrogen-bond donors (Lipinski definition) is 3. The van der Waals surface area contributed by atoms with E-state index in [1.165, 1.54) is 5.01 Å². The van der Waals surface area contributed by atoms with Gasteiger partial charge in [0.1, 0.15) is 6.04 Å². The van der Waals surface area contributed by atoms with E-state index in [1.807, 2.05) is 69.3 Å². The number of nitrogens with one attached hydrogen (secondary N) is 3. The normalized spacial score (nSPS) is 12.8. The highest BCUT2D eigenvalue weighted by Gasteiger charge is 2.32. The van der Waals surface area contributed by atoms with Gasteiger partial charge in [-0.1, -0.05) is 48.5 Å². The van der Waals surface area contributed by atoms with Gasteiger partial charge in [-0.2, -0.15) is 0 Å². The number of carbonyl (C=O) groups excluding carboxylic acids is 3. The van der Waals surface area contributed by atoms with E-state index in [0.717, 1.165) is 21.2 Å². The van der Waals surface area contributed by atoms with Gasteiger partial charge in [-0.25, -0.2) is 9.80 Å². The number of urea groups is 1. The quantitative estimate of drug-likeness (QED) is 0.185. The van der Waals surface area contributed by atoms with Crippen molar-refractivity contribution in [3.8, 4) is 0 Å². The summed E-state index contributed by atoms with van der Waals surface area (Å²) in [6.07, 6.45) is -0.619. The maximum absolute atomic E-state index is 13.8. The van der Waals surface area contributed by atoms with Crippen LogP contribution in [0.4, 0.5) is 4.79 Å². The molecule has 11 heteroatoms. The second kappa shape index (κ2) is 16.1. The van der Waals surface area contributed by atoms with Gasteiger partial charge in [0.05, 0.1) is 12.6 Å². The van der Waals surface area contributed by atoms with E-state index < -0.39 is 30.3 Å². The minimum Gasteiger partial charge on any atom is -0.351 e. The third-order valence-electron chi connectivity index (χ3n) is 6.45. The standard InChI is InChI=1S/C30H41N5O5S/c1-6-39-29(40-7-2)22(4)35(18-24-20-41-26-16-12-11-15-25(24)26)28(37)21(3)32-27(36)19-34(5)33-30(38)31-17-23-13-9-8-10-14-23/h8-16,20-22,29H,6-7,17-19H2,1-5H3,(H,32,36)(H2,31,33,38)/t21-,22-/m0/s1. The molecule has 0 aliphatic heterocycles. The molecule has 2 aromatic carbocycles. The van der Waals surface area contributed by atoms with Crippen LogP contribution in [0.25, 0.3) is 10.1 Å². The van der Waals surface area contributed by atoms with Crippen molar-refractivity contribution in [1.82, 2.24) is 26.0 Å². The monoisotopic (exact) mass is 583 g/mol. The maximum atomic E-state index is 13.8. The molecular weight excluding hydrogens is 542 g/mol. The average molecular weight is 584 g/mol. The van der Waals surface area contributed by atoms with Gasteiger partial charge in [0.15, 0.2) is 6.29 Å². The molecule has 0 fully saturated rings. The van der Waals surface area contributed by atoms with Crippen molar-refractivity contribution in [1.29, 1.82) is 0 Å². The smallest absolute Gasteiger partial charge is 0.329 e. The minimum atomic E-state index is -0.820. The van der Waals surface area contributed by atoms with E-state index in [2.05, 4.69) is 27.5 Å². The van der Waals surface area contributed by atoms with E-state index in [1.54, 1.807) is 30.2 Å². The molecule has 0 unspecified atom stereocenters. The summed E-state index contributed by atoms with van der Waals surface area (Å²) in [6.45, 7) is 8.73. The molecule has 0 saturated heterocycles. The number of thiophene rings is 1. The number of nitrogens with zero attached hydrogens (tertiary/aromatic N) is 2. The number of carbonyl (C=O) groups is 3. The van der Waals surface area contributed by atoms with Crippen molar-refractivity contribution in [2.45, 2.75) is 59.2 Å². The zero-order valence-electron chi connectivity index (χ0n) is 24.4. The van der Waals surface area contributed by atoms with Crippen LogP contribution in [0.1, 0.15) is 38.8 Å². The molecule has 3 N–H and O–H groups in total. The fourth-order valence-electron chi connectivity index (χ4n) is 4.41. The lowest BCUT2D eigenvalue weighted by atomic mass is 10.1. The van der Waals surface area contributed by atoms with E-state index >= 15 is 0 Å². The molecular formula is C30H41N5O5S. The van der Waals surface area contributed by atoms with Gasteiger partial charge in [0.25, 0.3) is 0 Å². The Hall–Kier alpha value is -3.51. The predicted molar refractivity (Wildman–Crippen MR) is 161 cm³/mol. The Kier molecular flexibility index (Phi) is 12.5. The largest absolute Gasteiger partial charge is 0.351 e. The Morgan fingerprint density at radius 1 is 0.951 bits per heavy atom. The molecule has 0 saturated carbocycles. The summed E-state index contributed by atoms with van der Waals surface area (Å²) >= 11 is 1.63. The van der Waals surface area contributed by atoms with Crippen LogP contribution in [-0.4, -0.2) is 72.9 Å². The summed E-state index contributed by atoms with van der Waals surface area (Å²) in [4.78, 5) is 40.5. The van der Waals surface area contributed by atoms with Crippen molar-refractivity contribution >= 4 is 39.3 Å². The number of hydrogen-bond acceptors (Lipinski definition) is 7. The highest BCUT2D eigenvalue weighted by molar-refractivity contribution is 7.17. The van der Waals surface area contributed by atoms with Crippen LogP contribution in [0.3, 0.4) is 0 Å². The lowest BCUT2D eigenvalue weighted by Crippen LogP contribution is -2.55. The Bertz CT molecular complexity index is 1260. The molecule has 41 heavy (non-hydrogen) atoms. The van der Waals surface area contributed by atoms with Gasteiger partial charge in [-0.15, -0.1) is 11.3 Å². The summed E-state index contributed by atoms with van der Waals surface area (Å²) in [7, 11) is 1.58. The van der Waals surface area contributed by atoms with Crippen molar-refractivity contribution in [3.63, 3.8) is 0 Å². The van der Waals surface area contributed by atoms with E-state index in [9.17, 15) is 14.4 Å². The summed E-state index contributed by atoms with van der Waals surface area (Å²) < 4.78 is 12.8. The summed E-state index contributed by atoms with van der Waals surface area (Å²) in [6, 6.07) is 15.9. The molecule has 2 atom stereocenters. The number of hydrazine groups is 1. The zero-order valence-corrected chi connectivity index (χ0v) is 25.2. The van der Waals surface area contributed by atoms with Gasteiger partial charge >= 0.3 is 6.03 Å². The fourth-order valence-corrected chi connectivity index (χ4v) is 5.36. The van der Waals surface area contributed by atoms with Gasteiger partial charge in [0, 0.05) is 38.1 Å². The first-order valence-corrected chi connectivity index (χ1v) is 14.7. The Morgan fingerprint density at radius 3 is 2.29 bits per heavy atom. The number of fused-ring (bicyclic) bond motifs is 1. The van der Waals surface area contributed by atoms with Crippen LogP contribution in [0.15, 0.2) is 60.0 Å². The van der Waals surface area contributed by atoms with E-state index in [4.69, 9.17) is 9.47 Å². The SMILES string of the molecule is CCOC(OCC)[C@H](C)N(Cc1csc2ccccc12)C(=O)[C@H](C)NC(=O)CN(C)NC(=O)NCc1ccccc1. The molecule has 222 valence electrons. The molecule has 3 aromatic rings. The van der Waals surface area contributed by atoms with Crippen molar-refractivity contribution in [3.05, 3.63) is 71.1 Å². The Labute approximate surface area is 246 Å². The predicted octanol–water partition coefficient (Wildman–Crippen LogP) is 3.87. The van der Waals surface area contributed by atoms with Crippen molar-refractivity contribution in [2.24, 2.45) is 0 Å². The van der Waals surface area contributed by atoms with Gasteiger partial charge < -0.3 is 25.0 Å². The number of benzene rings is 2. The summed E-state index contributed by atoms with van der Waals surface area (Å²) in [5.41, 5.74) is 4.58. The summed E-state index contributed by atoms with van der Waals surface area (Å²) in [5, 5.41) is 10.0. The van der Waals surface area contributed by atoms with Gasteiger partial charge in [0.2, 0.25) is 11.8 Å². The van der Waals surface area contributed by atoms with Crippen LogP contribution < -0.4 is 16.1 Å². The number of ether oxygens (including phenoxy) is 2. The highest BCUT2D eigenvalue weighted by atomic mass is 32.1. The first-order valence-electron chi connectivity index (χ1n) is 13.8. The first kappa shape index (κ1) is 32.0. The van der Waals surface area contributed by atoms with Crippen LogP contribution >= 0.6 is 11.3 Å². The first-order chi connectivity index (χ1) is 19.7. The minimum absolute atomic E-state index is 0.137. The number of likely N-dealkylation sites (N-methyl/N-ethyl adjacent to an activating group) is 1. The van der Waals surface area contributed by atoms with Gasteiger partial charge in [-0.3, -0.25) is 15.0 Å². The molecule has 1 heterocycles. The molecule has 3 rings (SSSR count). The highest BCUT2D eigenvalue weighted by Crippen LogP contribution is 2.28. The number of amides is 4. The number of rotatable bonds is 15.